The van der Waals surface area contributed by atoms with E-state index in [0.717, 1.165) is 23.7 Å². The standard InChI is InChI=1S/C14H17N3O/c1-2-3-8-14(18)17-16-13-10-9-11-6-4-5-7-12(11)15-13/h4-7,9-10H,2-3,8H2,1H3,(H,15,16)(H,17,18). The summed E-state index contributed by atoms with van der Waals surface area (Å²) in [6.45, 7) is 2.06. The molecular formula is C14H17N3O. The molecule has 0 aliphatic heterocycles. The summed E-state index contributed by atoms with van der Waals surface area (Å²) < 4.78 is 0. The van der Waals surface area contributed by atoms with E-state index >= 15 is 0 Å². The van der Waals surface area contributed by atoms with Crippen LogP contribution in [0.5, 0.6) is 0 Å². The minimum absolute atomic E-state index is 0.00758. The Hall–Kier alpha value is -2.10. The molecule has 0 atom stereocenters. The summed E-state index contributed by atoms with van der Waals surface area (Å²) in [6, 6.07) is 11.7. The van der Waals surface area contributed by atoms with Crippen LogP contribution in [0.15, 0.2) is 36.4 Å². The van der Waals surface area contributed by atoms with E-state index in [4.69, 9.17) is 0 Å². The fourth-order valence-electron chi connectivity index (χ4n) is 1.67. The lowest BCUT2D eigenvalue weighted by Crippen LogP contribution is -2.29. The number of pyridine rings is 1. The van der Waals surface area contributed by atoms with Gasteiger partial charge in [0.05, 0.1) is 5.52 Å². The van der Waals surface area contributed by atoms with Gasteiger partial charge in [0.1, 0.15) is 5.82 Å². The molecule has 0 unspecified atom stereocenters. The zero-order chi connectivity index (χ0) is 12.8. The third kappa shape index (κ3) is 3.20. The van der Waals surface area contributed by atoms with Gasteiger partial charge >= 0.3 is 0 Å². The molecule has 1 amide bonds. The Bertz CT molecular complexity index is 539. The highest BCUT2D eigenvalue weighted by Crippen LogP contribution is 2.13. The highest BCUT2D eigenvalue weighted by molar-refractivity contribution is 5.81. The van der Waals surface area contributed by atoms with Crippen molar-refractivity contribution in [1.82, 2.24) is 10.4 Å². The second kappa shape index (κ2) is 6.00. The molecule has 1 heterocycles. The SMILES string of the molecule is CCCCC(=O)NNc1ccc2ccccc2n1. The lowest BCUT2D eigenvalue weighted by atomic mass is 10.2. The highest BCUT2D eigenvalue weighted by Gasteiger charge is 2.01. The smallest absolute Gasteiger partial charge is 0.238 e. The molecule has 0 fully saturated rings. The molecule has 0 aliphatic rings. The second-order valence-corrected chi connectivity index (χ2v) is 4.17. The van der Waals surface area contributed by atoms with E-state index in [1.165, 1.54) is 0 Å². The van der Waals surface area contributed by atoms with Gasteiger partial charge in [-0.05, 0) is 24.6 Å². The number of hydrogen-bond donors (Lipinski definition) is 2. The Morgan fingerprint density at radius 2 is 2.06 bits per heavy atom. The topological polar surface area (TPSA) is 54.0 Å². The molecule has 0 radical (unpaired) electrons. The minimum Gasteiger partial charge on any atom is -0.282 e. The van der Waals surface area contributed by atoms with Crippen LogP contribution in [-0.2, 0) is 4.79 Å². The third-order valence-electron chi connectivity index (χ3n) is 2.69. The van der Waals surface area contributed by atoms with Crippen molar-refractivity contribution in [3.63, 3.8) is 0 Å². The number of hydrazine groups is 1. The van der Waals surface area contributed by atoms with Gasteiger partial charge in [0, 0.05) is 11.8 Å². The summed E-state index contributed by atoms with van der Waals surface area (Å²) >= 11 is 0. The summed E-state index contributed by atoms with van der Waals surface area (Å²) in [7, 11) is 0. The lowest BCUT2D eigenvalue weighted by Gasteiger charge is -2.08. The Labute approximate surface area is 106 Å². The van der Waals surface area contributed by atoms with E-state index < -0.39 is 0 Å². The lowest BCUT2D eigenvalue weighted by molar-refractivity contribution is -0.120. The van der Waals surface area contributed by atoms with Gasteiger partial charge < -0.3 is 0 Å². The normalized spacial score (nSPS) is 10.3. The first-order chi connectivity index (χ1) is 8.79. The quantitative estimate of drug-likeness (QED) is 0.794. The summed E-state index contributed by atoms with van der Waals surface area (Å²) in [4.78, 5) is 15.8. The van der Waals surface area contributed by atoms with Crippen molar-refractivity contribution in [2.24, 2.45) is 0 Å². The van der Waals surface area contributed by atoms with Crippen LogP contribution in [0.1, 0.15) is 26.2 Å². The number of carbonyl (C=O) groups excluding carboxylic acids is 1. The van der Waals surface area contributed by atoms with Crippen LogP contribution >= 0.6 is 0 Å². The van der Waals surface area contributed by atoms with Gasteiger partial charge in [0.15, 0.2) is 0 Å². The Kier molecular flexibility index (Phi) is 4.12. The fourth-order valence-corrected chi connectivity index (χ4v) is 1.67. The van der Waals surface area contributed by atoms with E-state index in [0.29, 0.717) is 12.2 Å². The largest absolute Gasteiger partial charge is 0.282 e. The van der Waals surface area contributed by atoms with E-state index in [1.54, 1.807) is 0 Å². The predicted octanol–water partition coefficient (Wildman–Crippen LogP) is 2.87. The third-order valence-corrected chi connectivity index (χ3v) is 2.69. The molecular weight excluding hydrogens is 226 g/mol. The zero-order valence-electron chi connectivity index (χ0n) is 10.4. The first-order valence-electron chi connectivity index (χ1n) is 6.20. The summed E-state index contributed by atoms with van der Waals surface area (Å²) in [5.74, 6) is 0.644. The van der Waals surface area contributed by atoms with Crippen molar-refractivity contribution in [3.8, 4) is 0 Å². The van der Waals surface area contributed by atoms with Crippen LogP contribution in [0.25, 0.3) is 10.9 Å². The van der Waals surface area contributed by atoms with Gasteiger partial charge in [-0.2, -0.15) is 0 Å². The summed E-state index contributed by atoms with van der Waals surface area (Å²) in [5, 5.41) is 1.08. The molecule has 2 N–H and O–H groups in total. The maximum Gasteiger partial charge on any atom is 0.238 e. The second-order valence-electron chi connectivity index (χ2n) is 4.17. The van der Waals surface area contributed by atoms with Gasteiger partial charge in [-0.15, -0.1) is 0 Å². The van der Waals surface area contributed by atoms with Crippen LogP contribution in [-0.4, -0.2) is 10.9 Å². The number of carbonyl (C=O) groups is 1. The fraction of sp³-hybridized carbons (Fsp3) is 0.286. The molecule has 1 aromatic heterocycles. The number of anilines is 1. The van der Waals surface area contributed by atoms with Crippen LogP contribution in [0, 0.1) is 0 Å². The van der Waals surface area contributed by atoms with Crippen molar-refractivity contribution < 1.29 is 4.79 Å². The van der Waals surface area contributed by atoms with E-state index in [2.05, 4.69) is 22.8 Å². The number of amides is 1. The molecule has 18 heavy (non-hydrogen) atoms. The number of fused-ring (bicyclic) bond motifs is 1. The van der Waals surface area contributed by atoms with Crippen molar-refractivity contribution in [1.29, 1.82) is 0 Å². The predicted molar refractivity (Wildman–Crippen MR) is 73.0 cm³/mol. The molecule has 4 heteroatoms. The monoisotopic (exact) mass is 243 g/mol. The molecule has 0 saturated carbocycles. The Morgan fingerprint density at radius 3 is 2.89 bits per heavy atom. The first kappa shape index (κ1) is 12.4. The van der Waals surface area contributed by atoms with Crippen molar-refractivity contribution >= 4 is 22.6 Å². The van der Waals surface area contributed by atoms with Gasteiger partial charge in [0.25, 0.3) is 0 Å². The molecule has 0 aliphatic carbocycles. The van der Waals surface area contributed by atoms with Crippen molar-refractivity contribution in [3.05, 3.63) is 36.4 Å². The Morgan fingerprint density at radius 1 is 1.22 bits per heavy atom. The average Bonchev–Trinajstić information content (AvgIpc) is 2.42. The molecule has 4 nitrogen and oxygen atoms in total. The van der Waals surface area contributed by atoms with Gasteiger partial charge in [-0.25, -0.2) is 4.98 Å². The number of benzene rings is 1. The number of aromatic nitrogens is 1. The van der Waals surface area contributed by atoms with Crippen molar-refractivity contribution in [2.75, 3.05) is 5.43 Å². The molecule has 94 valence electrons. The summed E-state index contributed by atoms with van der Waals surface area (Å²) in [5.41, 5.74) is 6.39. The molecule has 1 aromatic carbocycles. The maximum atomic E-state index is 11.4. The molecule has 0 bridgehead atoms. The van der Waals surface area contributed by atoms with Crippen LogP contribution in [0.3, 0.4) is 0 Å². The highest BCUT2D eigenvalue weighted by atomic mass is 16.2. The number of hydrogen-bond acceptors (Lipinski definition) is 3. The molecule has 2 aromatic rings. The van der Waals surface area contributed by atoms with Crippen molar-refractivity contribution in [2.45, 2.75) is 26.2 Å². The summed E-state index contributed by atoms with van der Waals surface area (Å²) in [6.07, 6.45) is 2.46. The maximum absolute atomic E-state index is 11.4. The van der Waals surface area contributed by atoms with Crippen LogP contribution < -0.4 is 10.9 Å². The number of para-hydroxylation sites is 1. The zero-order valence-corrected chi connectivity index (χ0v) is 10.4. The molecule has 0 saturated heterocycles. The van der Waals surface area contributed by atoms with Crippen LogP contribution in [0.2, 0.25) is 0 Å². The van der Waals surface area contributed by atoms with Crippen LogP contribution in [0.4, 0.5) is 5.82 Å². The minimum atomic E-state index is -0.00758. The number of rotatable bonds is 5. The number of nitrogens with one attached hydrogen (secondary N) is 2. The first-order valence-corrected chi connectivity index (χ1v) is 6.20. The number of unbranched alkanes of at least 4 members (excludes halogenated alkanes) is 1. The average molecular weight is 243 g/mol. The number of nitrogens with zero attached hydrogens (tertiary/aromatic N) is 1. The van der Waals surface area contributed by atoms with Gasteiger partial charge in [-0.1, -0.05) is 31.5 Å². The van der Waals surface area contributed by atoms with Gasteiger partial charge in [0.2, 0.25) is 5.91 Å². The molecule has 0 spiro atoms. The van der Waals surface area contributed by atoms with Gasteiger partial charge in [-0.3, -0.25) is 15.6 Å². The van der Waals surface area contributed by atoms with E-state index in [-0.39, 0.29) is 5.91 Å². The van der Waals surface area contributed by atoms with E-state index in [9.17, 15) is 4.79 Å². The Balaban J connectivity index is 1.97. The molecule has 2 rings (SSSR count). The van der Waals surface area contributed by atoms with E-state index in [1.807, 2.05) is 36.4 Å².